The number of benzene rings is 1. The minimum atomic E-state index is -0.882. The molecule has 0 bridgehead atoms. The van der Waals surface area contributed by atoms with Crippen molar-refractivity contribution < 1.29 is 19.1 Å². The van der Waals surface area contributed by atoms with Gasteiger partial charge in [-0.3, -0.25) is 9.36 Å². The fourth-order valence-corrected chi connectivity index (χ4v) is 2.21. The maximum atomic E-state index is 12.3. The number of Topliss-reactive ketones (excluding diaryl/α,β-unsaturated/α-hetero) is 1. The molecule has 116 valence electrons. The quantitative estimate of drug-likeness (QED) is 0.613. The molecule has 0 unspecified atom stereocenters. The second-order valence-electron chi connectivity index (χ2n) is 4.17. The number of nitrogens with zero attached hydrogens (tertiary/aromatic N) is 2. The van der Waals surface area contributed by atoms with Crippen LogP contribution in [-0.2, 0) is 11.3 Å². The Balaban J connectivity index is 2.12. The van der Waals surface area contributed by atoms with Gasteiger partial charge in [-0.15, -0.1) is 0 Å². The SMILES string of the molecule is CCOC(=O)Oc1nccn1CC(=O)c1ccc(Cl)cc1Cl. The van der Waals surface area contributed by atoms with Gasteiger partial charge in [-0.1, -0.05) is 23.2 Å². The first-order valence-corrected chi connectivity index (χ1v) is 7.11. The van der Waals surface area contributed by atoms with Gasteiger partial charge < -0.3 is 9.47 Å². The van der Waals surface area contributed by atoms with Crippen LogP contribution in [0.4, 0.5) is 4.79 Å². The molecule has 0 aliphatic heterocycles. The first kappa shape index (κ1) is 16.3. The van der Waals surface area contributed by atoms with Gasteiger partial charge in [0.1, 0.15) is 0 Å². The molecule has 6 nitrogen and oxygen atoms in total. The Bertz CT molecular complexity index is 700. The van der Waals surface area contributed by atoms with Gasteiger partial charge in [-0.05, 0) is 25.1 Å². The van der Waals surface area contributed by atoms with Crippen LogP contribution in [0.3, 0.4) is 0 Å². The molecule has 0 saturated heterocycles. The first-order valence-electron chi connectivity index (χ1n) is 6.35. The first-order chi connectivity index (χ1) is 10.5. The van der Waals surface area contributed by atoms with Crippen LogP contribution in [0.2, 0.25) is 10.0 Å². The molecular formula is C14H12Cl2N2O4. The van der Waals surface area contributed by atoms with E-state index in [4.69, 9.17) is 27.9 Å². The minimum absolute atomic E-state index is 0.0307. The van der Waals surface area contributed by atoms with Crippen LogP contribution in [0.25, 0.3) is 0 Å². The number of hydrogen-bond donors (Lipinski definition) is 0. The average Bonchev–Trinajstić information content (AvgIpc) is 2.85. The van der Waals surface area contributed by atoms with Gasteiger partial charge in [0.15, 0.2) is 5.78 Å². The fourth-order valence-electron chi connectivity index (χ4n) is 1.70. The molecule has 0 fully saturated rings. The Morgan fingerprint density at radius 3 is 2.77 bits per heavy atom. The van der Waals surface area contributed by atoms with E-state index in [2.05, 4.69) is 9.72 Å². The Hall–Kier alpha value is -2.05. The molecular weight excluding hydrogens is 331 g/mol. The zero-order valence-electron chi connectivity index (χ0n) is 11.6. The van der Waals surface area contributed by atoms with Crippen molar-refractivity contribution in [1.29, 1.82) is 0 Å². The van der Waals surface area contributed by atoms with Gasteiger partial charge in [0, 0.05) is 23.0 Å². The maximum Gasteiger partial charge on any atom is 0.516 e. The van der Waals surface area contributed by atoms with Crippen LogP contribution in [0, 0.1) is 0 Å². The summed E-state index contributed by atoms with van der Waals surface area (Å²) in [6.07, 6.45) is 2.04. The zero-order chi connectivity index (χ0) is 16.1. The number of ketones is 1. The van der Waals surface area contributed by atoms with Crippen molar-refractivity contribution in [3.63, 3.8) is 0 Å². The van der Waals surface area contributed by atoms with Crippen LogP contribution in [0.5, 0.6) is 6.01 Å². The van der Waals surface area contributed by atoms with Crippen molar-refractivity contribution in [1.82, 2.24) is 9.55 Å². The van der Waals surface area contributed by atoms with Crippen LogP contribution in [0.1, 0.15) is 17.3 Å². The molecule has 0 amide bonds. The zero-order valence-corrected chi connectivity index (χ0v) is 13.1. The molecule has 0 radical (unpaired) electrons. The third-order valence-electron chi connectivity index (χ3n) is 2.66. The summed E-state index contributed by atoms with van der Waals surface area (Å²) in [5, 5.41) is 0.695. The molecule has 8 heteroatoms. The Labute approximate surface area is 136 Å². The average molecular weight is 343 g/mol. The van der Waals surface area contributed by atoms with E-state index in [0.29, 0.717) is 10.6 Å². The largest absolute Gasteiger partial charge is 0.516 e. The van der Waals surface area contributed by atoms with E-state index >= 15 is 0 Å². The number of aromatic nitrogens is 2. The number of ether oxygens (including phenoxy) is 2. The van der Waals surface area contributed by atoms with E-state index in [-0.39, 0.29) is 30.0 Å². The Morgan fingerprint density at radius 2 is 2.09 bits per heavy atom. The molecule has 22 heavy (non-hydrogen) atoms. The molecule has 1 heterocycles. The van der Waals surface area contributed by atoms with Crippen molar-refractivity contribution >= 4 is 35.1 Å². The van der Waals surface area contributed by atoms with Crippen molar-refractivity contribution in [2.45, 2.75) is 13.5 Å². The highest BCUT2D eigenvalue weighted by molar-refractivity contribution is 6.36. The van der Waals surface area contributed by atoms with Crippen LogP contribution < -0.4 is 4.74 Å². The molecule has 0 aliphatic carbocycles. The molecule has 0 aliphatic rings. The lowest BCUT2D eigenvalue weighted by Crippen LogP contribution is -2.16. The normalized spacial score (nSPS) is 10.3. The molecule has 0 atom stereocenters. The van der Waals surface area contributed by atoms with Crippen LogP contribution in [0.15, 0.2) is 30.6 Å². The number of hydrogen-bond acceptors (Lipinski definition) is 5. The van der Waals surface area contributed by atoms with Crippen LogP contribution >= 0.6 is 23.2 Å². The number of carbonyl (C=O) groups is 2. The molecule has 0 spiro atoms. The summed E-state index contributed by atoms with van der Waals surface area (Å²) >= 11 is 11.8. The van der Waals surface area contributed by atoms with Crippen molar-refractivity contribution in [2.24, 2.45) is 0 Å². The molecule has 0 saturated carbocycles. The Kier molecular flexibility index (Phi) is 5.41. The summed E-state index contributed by atoms with van der Waals surface area (Å²) in [6.45, 7) is 1.74. The summed E-state index contributed by atoms with van der Waals surface area (Å²) in [5.41, 5.74) is 0.321. The molecule has 0 N–H and O–H groups in total. The lowest BCUT2D eigenvalue weighted by Gasteiger charge is -2.08. The summed E-state index contributed by atoms with van der Waals surface area (Å²) < 4.78 is 10.9. The third-order valence-corrected chi connectivity index (χ3v) is 3.21. The highest BCUT2D eigenvalue weighted by atomic mass is 35.5. The van der Waals surface area contributed by atoms with Gasteiger partial charge in [0.2, 0.25) is 0 Å². The second-order valence-corrected chi connectivity index (χ2v) is 5.01. The van der Waals surface area contributed by atoms with E-state index < -0.39 is 6.16 Å². The van der Waals surface area contributed by atoms with Gasteiger partial charge in [0.25, 0.3) is 0 Å². The highest BCUT2D eigenvalue weighted by Gasteiger charge is 2.16. The standard InChI is InChI=1S/C14H12Cl2N2O4/c1-2-21-14(20)22-13-17-5-6-18(13)8-12(19)10-4-3-9(15)7-11(10)16/h3-7H,2,8H2,1H3. The lowest BCUT2D eigenvalue weighted by molar-refractivity contribution is 0.0924. The van der Waals surface area contributed by atoms with Gasteiger partial charge in [-0.25, -0.2) is 9.78 Å². The van der Waals surface area contributed by atoms with Crippen molar-refractivity contribution in [3.8, 4) is 6.01 Å². The molecule has 1 aromatic heterocycles. The third kappa shape index (κ3) is 3.99. The topological polar surface area (TPSA) is 70.4 Å². The predicted molar refractivity (Wildman–Crippen MR) is 80.7 cm³/mol. The summed E-state index contributed by atoms with van der Waals surface area (Å²) in [5.74, 6) is -0.270. The summed E-state index contributed by atoms with van der Waals surface area (Å²) in [7, 11) is 0. The van der Waals surface area contributed by atoms with E-state index in [0.717, 1.165) is 0 Å². The van der Waals surface area contributed by atoms with Gasteiger partial charge >= 0.3 is 12.2 Å². The van der Waals surface area contributed by atoms with E-state index in [1.54, 1.807) is 13.0 Å². The van der Waals surface area contributed by atoms with Crippen LogP contribution in [-0.4, -0.2) is 28.1 Å². The monoisotopic (exact) mass is 342 g/mol. The van der Waals surface area contributed by atoms with Gasteiger partial charge in [-0.2, -0.15) is 0 Å². The summed E-state index contributed by atoms with van der Waals surface area (Å²) in [6, 6.07) is 4.57. The molecule has 2 aromatic rings. The summed E-state index contributed by atoms with van der Waals surface area (Å²) in [4.78, 5) is 27.4. The van der Waals surface area contributed by atoms with Gasteiger partial charge in [0.05, 0.1) is 18.2 Å². The van der Waals surface area contributed by atoms with E-state index in [1.807, 2.05) is 0 Å². The van der Waals surface area contributed by atoms with Crippen molar-refractivity contribution in [3.05, 3.63) is 46.2 Å². The van der Waals surface area contributed by atoms with E-state index in [9.17, 15) is 9.59 Å². The van der Waals surface area contributed by atoms with E-state index in [1.165, 1.54) is 29.1 Å². The smallest absolute Gasteiger partial charge is 0.434 e. The molecule has 2 rings (SSSR count). The molecule has 1 aromatic carbocycles. The Morgan fingerprint density at radius 1 is 1.32 bits per heavy atom. The number of imidazole rings is 1. The second kappa shape index (κ2) is 7.29. The number of halogens is 2. The number of rotatable bonds is 5. The maximum absolute atomic E-state index is 12.3. The predicted octanol–water partition coefficient (Wildman–Crippen LogP) is 3.61. The minimum Gasteiger partial charge on any atom is -0.434 e. The fraction of sp³-hybridized carbons (Fsp3) is 0.214. The number of carbonyl (C=O) groups excluding carboxylic acids is 2. The lowest BCUT2D eigenvalue weighted by atomic mass is 10.1. The van der Waals surface area contributed by atoms with Crippen molar-refractivity contribution in [2.75, 3.05) is 6.61 Å². The highest BCUT2D eigenvalue weighted by Crippen LogP contribution is 2.22.